The SMILES string of the molecule is CCOC1CC(CC(=O)NCC(Br)c2ccccc2)C1. The summed E-state index contributed by atoms with van der Waals surface area (Å²) in [6, 6.07) is 10.1. The van der Waals surface area contributed by atoms with E-state index in [9.17, 15) is 4.79 Å². The number of halogens is 1. The van der Waals surface area contributed by atoms with Gasteiger partial charge in [-0.25, -0.2) is 0 Å². The van der Waals surface area contributed by atoms with Crippen molar-refractivity contribution in [2.24, 2.45) is 5.92 Å². The van der Waals surface area contributed by atoms with E-state index in [-0.39, 0.29) is 10.7 Å². The molecule has 4 heteroatoms. The number of benzene rings is 1. The molecular weight excluding hydrogens is 318 g/mol. The van der Waals surface area contributed by atoms with Crippen LogP contribution >= 0.6 is 15.9 Å². The van der Waals surface area contributed by atoms with Crippen LogP contribution in [0, 0.1) is 5.92 Å². The van der Waals surface area contributed by atoms with Gasteiger partial charge in [-0.15, -0.1) is 0 Å². The first kappa shape index (κ1) is 15.5. The molecule has 110 valence electrons. The van der Waals surface area contributed by atoms with Crippen LogP contribution in [0.2, 0.25) is 0 Å². The molecule has 1 unspecified atom stereocenters. The number of hydrogen-bond donors (Lipinski definition) is 1. The molecule has 0 radical (unpaired) electrons. The highest BCUT2D eigenvalue weighted by molar-refractivity contribution is 9.09. The fraction of sp³-hybridized carbons (Fsp3) is 0.562. The average Bonchev–Trinajstić information content (AvgIpc) is 2.43. The molecule has 0 aliphatic heterocycles. The highest BCUT2D eigenvalue weighted by Crippen LogP contribution is 2.32. The summed E-state index contributed by atoms with van der Waals surface area (Å²) in [5, 5.41) is 3.00. The van der Waals surface area contributed by atoms with Gasteiger partial charge in [-0.3, -0.25) is 4.79 Å². The van der Waals surface area contributed by atoms with E-state index in [0.717, 1.165) is 19.4 Å². The van der Waals surface area contributed by atoms with Crippen molar-refractivity contribution in [1.82, 2.24) is 5.32 Å². The van der Waals surface area contributed by atoms with Crippen LogP contribution in [0.4, 0.5) is 0 Å². The Balaban J connectivity index is 1.64. The van der Waals surface area contributed by atoms with Gasteiger partial charge in [0.2, 0.25) is 5.91 Å². The van der Waals surface area contributed by atoms with Gasteiger partial charge >= 0.3 is 0 Å². The number of nitrogens with one attached hydrogen (secondary N) is 1. The molecule has 1 saturated carbocycles. The van der Waals surface area contributed by atoms with Gasteiger partial charge < -0.3 is 10.1 Å². The van der Waals surface area contributed by atoms with E-state index < -0.39 is 0 Å². The van der Waals surface area contributed by atoms with Crippen LogP contribution in [0.15, 0.2) is 30.3 Å². The van der Waals surface area contributed by atoms with E-state index in [2.05, 4.69) is 33.4 Å². The summed E-state index contributed by atoms with van der Waals surface area (Å²) in [6.45, 7) is 3.41. The quantitative estimate of drug-likeness (QED) is 0.772. The summed E-state index contributed by atoms with van der Waals surface area (Å²) in [5.41, 5.74) is 1.19. The second-order valence-corrected chi connectivity index (χ2v) is 6.41. The molecule has 2 rings (SSSR count). The minimum atomic E-state index is 0.144. The van der Waals surface area contributed by atoms with Gasteiger partial charge in [-0.1, -0.05) is 46.3 Å². The maximum atomic E-state index is 11.9. The molecule has 0 saturated heterocycles. The van der Waals surface area contributed by atoms with E-state index in [0.29, 0.717) is 25.0 Å². The lowest BCUT2D eigenvalue weighted by atomic mass is 9.80. The largest absolute Gasteiger partial charge is 0.378 e. The smallest absolute Gasteiger partial charge is 0.220 e. The molecule has 1 atom stereocenters. The molecule has 1 amide bonds. The fourth-order valence-corrected chi connectivity index (χ4v) is 3.00. The number of alkyl halides is 1. The van der Waals surface area contributed by atoms with Crippen molar-refractivity contribution in [3.05, 3.63) is 35.9 Å². The van der Waals surface area contributed by atoms with Gasteiger partial charge in [0.15, 0.2) is 0 Å². The number of hydrogen-bond acceptors (Lipinski definition) is 2. The lowest BCUT2D eigenvalue weighted by molar-refractivity contribution is -0.124. The topological polar surface area (TPSA) is 38.3 Å². The van der Waals surface area contributed by atoms with Gasteiger partial charge in [-0.05, 0) is 31.2 Å². The van der Waals surface area contributed by atoms with Crippen molar-refractivity contribution in [1.29, 1.82) is 0 Å². The Morgan fingerprint density at radius 1 is 1.40 bits per heavy atom. The first-order valence-electron chi connectivity index (χ1n) is 7.26. The normalized spacial score (nSPS) is 22.9. The van der Waals surface area contributed by atoms with Crippen molar-refractivity contribution in [2.45, 2.75) is 37.1 Å². The van der Waals surface area contributed by atoms with Gasteiger partial charge in [0, 0.05) is 19.6 Å². The molecule has 1 fully saturated rings. The zero-order chi connectivity index (χ0) is 14.4. The zero-order valence-corrected chi connectivity index (χ0v) is 13.4. The van der Waals surface area contributed by atoms with Gasteiger partial charge in [0.25, 0.3) is 0 Å². The van der Waals surface area contributed by atoms with Crippen LogP contribution in [-0.2, 0) is 9.53 Å². The van der Waals surface area contributed by atoms with Crippen molar-refractivity contribution in [2.75, 3.05) is 13.2 Å². The molecule has 3 nitrogen and oxygen atoms in total. The molecule has 0 bridgehead atoms. The third-order valence-corrected chi connectivity index (χ3v) is 4.56. The first-order valence-corrected chi connectivity index (χ1v) is 8.18. The monoisotopic (exact) mass is 339 g/mol. The summed E-state index contributed by atoms with van der Waals surface area (Å²) in [4.78, 5) is 12.0. The summed E-state index contributed by atoms with van der Waals surface area (Å²) in [6.07, 6.45) is 3.05. The molecule has 1 N–H and O–H groups in total. The third-order valence-electron chi connectivity index (χ3n) is 3.71. The second kappa shape index (κ2) is 7.79. The molecule has 0 spiro atoms. The second-order valence-electron chi connectivity index (χ2n) is 5.30. The number of amides is 1. The minimum Gasteiger partial charge on any atom is -0.378 e. The molecule has 20 heavy (non-hydrogen) atoms. The number of ether oxygens (including phenoxy) is 1. The maximum Gasteiger partial charge on any atom is 0.220 e. The predicted octanol–water partition coefficient (Wildman–Crippen LogP) is 3.44. The molecular formula is C16H22BrNO2. The third kappa shape index (κ3) is 4.60. The lowest BCUT2D eigenvalue weighted by Crippen LogP contribution is -2.36. The first-order chi connectivity index (χ1) is 9.69. The fourth-order valence-electron chi connectivity index (χ4n) is 2.53. The Morgan fingerprint density at radius 3 is 2.75 bits per heavy atom. The van der Waals surface area contributed by atoms with Crippen molar-refractivity contribution >= 4 is 21.8 Å². The average molecular weight is 340 g/mol. The van der Waals surface area contributed by atoms with Gasteiger partial charge in [0.05, 0.1) is 10.9 Å². The Bertz CT molecular complexity index is 418. The Hall–Kier alpha value is -0.870. The van der Waals surface area contributed by atoms with E-state index >= 15 is 0 Å². The predicted molar refractivity (Wildman–Crippen MR) is 83.9 cm³/mol. The highest BCUT2D eigenvalue weighted by atomic mass is 79.9. The van der Waals surface area contributed by atoms with E-state index in [1.807, 2.05) is 25.1 Å². The molecule has 1 aromatic carbocycles. The van der Waals surface area contributed by atoms with Crippen LogP contribution in [0.5, 0.6) is 0 Å². The number of carbonyl (C=O) groups is 1. The zero-order valence-electron chi connectivity index (χ0n) is 11.8. The van der Waals surface area contributed by atoms with Gasteiger partial charge in [-0.2, -0.15) is 0 Å². The molecule has 0 heterocycles. The van der Waals surface area contributed by atoms with Crippen LogP contribution in [-0.4, -0.2) is 25.2 Å². The molecule has 1 aromatic rings. The molecule has 1 aliphatic carbocycles. The summed E-state index contributed by atoms with van der Waals surface area (Å²) in [7, 11) is 0. The van der Waals surface area contributed by atoms with Crippen molar-refractivity contribution in [3.8, 4) is 0 Å². The minimum absolute atomic E-state index is 0.144. The van der Waals surface area contributed by atoms with Crippen LogP contribution in [0.25, 0.3) is 0 Å². The molecule has 0 aromatic heterocycles. The van der Waals surface area contributed by atoms with E-state index in [1.165, 1.54) is 5.56 Å². The standard InChI is InChI=1S/C16H22BrNO2/c1-2-20-14-8-12(9-14)10-16(19)18-11-15(17)13-6-4-3-5-7-13/h3-7,12,14-15H,2,8-11H2,1H3,(H,18,19). The van der Waals surface area contributed by atoms with Crippen molar-refractivity contribution < 1.29 is 9.53 Å². The highest BCUT2D eigenvalue weighted by Gasteiger charge is 2.30. The van der Waals surface area contributed by atoms with Crippen LogP contribution in [0.1, 0.15) is 36.6 Å². The van der Waals surface area contributed by atoms with Crippen LogP contribution in [0.3, 0.4) is 0 Å². The summed E-state index contributed by atoms with van der Waals surface area (Å²) < 4.78 is 5.51. The van der Waals surface area contributed by atoms with Gasteiger partial charge in [0.1, 0.15) is 0 Å². The maximum absolute atomic E-state index is 11.9. The Morgan fingerprint density at radius 2 is 2.10 bits per heavy atom. The molecule has 1 aliphatic rings. The Labute approximate surface area is 129 Å². The van der Waals surface area contributed by atoms with Crippen molar-refractivity contribution in [3.63, 3.8) is 0 Å². The van der Waals surface area contributed by atoms with Crippen LogP contribution < -0.4 is 5.32 Å². The number of rotatable bonds is 7. The Kier molecular flexibility index (Phi) is 6.05. The van der Waals surface area contributed by atoms with E-state index in [4.69, 9.17) is 4.74 Å². The van der Waals surface area contributed by atoms with E-state index in [1.54, 1.807) is 0 Å². The summed E-state index contributed by atoms with van der Waals surface area (Å²) in [5.74, 6) is 0.641. The number of carbonyl (C=O) groups excluding carboxylic acids is 1. The summed E-state index contributed by atoms with van der Waals surface area (Å²) >= 11 is 3.61. The lowest BCUT2D eigenvalue weighted by Gasteiger charge is -2.34.